The maximum Gasteiger partial charge on any atom is 0.248 e. The van der Waals surface area contributed by atoms with Crippen LogP contribution in [0, 0.1) is 0 Å². The number of hydrogen-bond donors (Lipinski definition) is 2. The zero-order valence-corrected chi connectivity index (χ0v) is 32.7. The Labute approximate surface area is 315 Å². The molecule has 2 aromatic heterocycles. The maximum atomic E-state index is 13.4. The van der Waals surface area contributed by atoms with E-state index in [0.29, 0.717) is 35.2 Å². The molecule has 0 bridgehead atoms. The molecule has 284 valence electrons. The molecular formula is C41H58N10O2. The van der Waals surface area contributed by atoms with Gasteiger partial charge in [-0.25, -0.2) is 9.97 Å². The molecule has 0 spiro atoms. The first-order valence-corrected chi connectivity index (χ1v) is 19.0. The second-order valence-corrected chi connectivity index (χ2v) is 14.9. The van der Waals surface area contributed by atoms with Gasteiger partial charge in [-0.15, -0.1) is 0 Å². The molecular weight excluding hydrogens is 665 g/mol. The van der Waals surface area contributed by atoms with Gasteiger partial charge in [-0.05, 0) is 72.1 Å². The highest BCUT2D eigenvalue weighted by Crippen LogP contribution is 2.38. The van der Waals surface area contributed by atoms with Crippen LogP contribution in [-0.4, -0.2) is 139 Å². The van der Waals surface area contributed by atoms with Crippen LogP contribution >= 0.6 is 0 Å². The number of piperidine rings is 1. The Bertz CT molecular complexity index is 1850. The average Bonchev–Trinajstić information content (AvgIpc) is 3.50. The number of nitrogens with zero attached hydrogens (tertiary/aromatic N) is 8. The molecule has 2 aliphatic heterocycles. The van der Waals surface area contributed by atoms with Crippen molar-refractivity contribution < 1.29 is 9.53 Å². The van der Waals surface area contributed by atoms with E-state index in [1.54, 1.807) is 19.4 Å². The van der Waals surface area contributed by atoms with E-state index in [1.165, 1.54) is 39.0 Å². The summed E-state index contributed by atoms with van der Waals surface area (Å²) in [6.07, 6.45) is 9.86. The summed E-state index contributed by atoms with van der Waals surface area (Å²) in [6, 6.07) is 15.4. The summed E-state index contributed by atoms with van der Waals surface area (Å²) in [5.41, 5.74) is 5.16. The largest absolute Gasteiger partial charge is 0.494 e. The van der Waals surface area contributed by atoms with E-state index < -0.39 is 0 Å². The van der Waals surface area contributed by atoms with Crippen molar-refractivity contribution in [1.82, 2.24) is 34.1 Å². The van der Waals surface area contributed by atoms with Crippen LogP contribution in [0.4, 0.5) is 23.0 Å². The highest BCUT2D eigenvalue weighted by molar-refractivity contribution is 6.02. The highest BCUT2D eigenvalue weighted by Gasteiger charge is 2.28. The second kappa shape index (κ2) is 17.6. The summed E-state index contributed by atoms with van der Waals surface area (Å²) < 4.78 is 7.97. The molecule has 12 nitrogen and oxygen atoms in total. The number of ether oxygens (including phenoxy) is 1. The lowest BCUT2D eigenvalue weighted by molar-refractivity contribution is -0.111. The van der Waals surface area contributed by atoms with Crippen LogP contribution in [0.1, 0.15) is 26.7 Å². The minimum Gasteiger partial charge on any atom is -0.494 e. The number of aromatic nitrogens is 3. The normalized spacial score (nSPS) is 16.6. The Morgan fingerprint density at radius 2 is 1.75 bits per heavy atom. The number of piperazine rings is 1. The fraction of sp³-hybridized carbons (Fsp3) is 0.488. The van der Waals surface area contributed by atoms with Crippen LogP contribution < -0.4 is 20.3 Å². The minimum absolute atomic E-state index is 0.171. The van der Waals surface area contributed by atoms with Crippen molar-refractivity contribution in [2.24, 2.45) is 7.05 Å². The molecule has 4 heterocycles. The smallest absolute Gasteiger partial charge is 0.248 e. The van der Waals surface area contributed by atoms with E-state index in [4.69, 9.17) is 9.72 Å². The summed E-state index contributed by atoms with van der Waals surface area (Å²) in [4.78, 5) is 34.8. The fourth-order valence-corrected chi connectivity index (χ4v) is 7.53. The van der Waals surface area contributed by atoms with E-state index in [0.717, 1.165) is 60.6 Å². The van der Waals surface area contributed by atoms with E-state index in [-0.39, 0.29) is 5.91 Å². The van der Waals surface area contributed by atoms with Gasteiger partial charge in [0.2, 0.25) is 11.9 Å². The predicted octanol–water partition coefficient (Wildman–Crippen LogP) is 5.37. The quantitative estimate of drug-likeness (QED) is 0.166. The Morgan fingerprint density at radius 1 is 1.00 bits per heavy atom. The zero-order chi connectivity index (χ0) is 37.5. The first kappa shape index (κ1) is 38.2. The predicted molar refractivity (Wildman–Crippen MR) is 218 cm³/mol. The molecule has 0 aliphatic carbocycles. The number of likely N-dealkylation sites (N-methyl/N-ethyl adjacent to an activating group) is 2. The van der Waals surface area contributed by atoms with Crippen LogP contribution in [-0.2, 0) is 11.8 Å². The number of nitrogens with one attached hydrogen (secondary N) is 2. The Morgan fingerprint density at radius 3 is 2.47 bits per heavy atom. The number of likely N-dealkylation sites (tertiary alicyclic amines) is 1. The van der Waals surface area contributed by atoms with Gasteiger partial charge < -0.3 is 29.7 Å². The molecule has 0 unspecified atom stereocenters. The molecule has 2 aliphatic rings. The van der Waals surface area contributed by atoms with Gasteiger partial charge in [0.1, 0.15) is 5.75 Å². The Balaban J connectivity index is 1.14. The van der Waals surface area contributed by atoms with Crippen LogP contribution in [0.2, 0.25) is 0 Å². The molecule has 0 saturated carbocycles. The van der Waals surface area contributed by atoms with Crippen LogP contribution in [0.15, 0.2) is 67.0 Å². The van der Waals surface area contributed by atoms with Crippen molar-refractivity contribution in [3.05, 3.63) is 67.0 Å². The number of carbonyl (C=O) groups excluding carboxylic acids is 1. The third-order valence-corrected chi connectivity index (χ3v) is 10.7. The number of carbonyl (C=O) groups is 1. The SMILES string of the molecule is COc1cc(N(C)CCN(C)C)c(NC(=O)/C=C/CN2CCC(N3CCN(C(C)C)CC3)CC2)cc1Nc1nccc(-c2cn(C)c3ccccc23)n1. The van der Waals surface area contributed by atoms with Gasteiger partial charge in [0, 0.05) is 113 Å². The van der Waals surface area contributed by atoms with Crippen molar-refractivity contribution >= 4 is 39.8 Å². The number of amides is 1. The molecule has 0 atom stereocenters. The number of fused-ring (bicyclic) bond motifs is 1. The molecule has 2 fully saturated rings. The summed E-state index contributed by atoms with van der Waals surface area (Å²) in [5, 5.41) is 7.67. The van der Waals surface area contributed by atoms with Crippen molar-refractivity contribution in [3.8, 4) is 17.0 Å². The van der Waals surface area contributed by atoms with Crippen molar-refractivity contribution in [2.45, 2.75) is 38.8 Å². The van der Waals surface area contributed by atoms with E-state index in [2.05, 4.69) is 91.0 Å². The third kappa shape index (κ3) is 9.55. The zero-order valence-electron chi connectivity index (χ0n) is 32.7. The number of hydrogen-bond acceptors (Lipinski definition) is 10. The van der Waals surface area contributed by atoms with E-state index in [9.17, 15) is 4.79 Å². The lowest BCUT2D eigenvalue weighted by Gasteiger charge is -2.43. The average molecular weight is 723 g/mol. The van der Waals surface area contributed by atoms with Gasteiger partial charge in [0.15, 0.2) is 0 Å². The number of rotatable bonds is 14. The minimum atomic E-state index is -0.171. The highest BCUT2D eigenvalue weighted by atomic mass is 16.5. The standard InChI is InChI=1S/C41H58N10O2/c1-30(2)50-23-25-51(26-24-50)31-15-19-49(20-16-31)18-10-13-40(52)43-35-27-36(39(53-7)28-38(35)47(5)22-21-46(3)4)45-41-42-17-14-34(44-41)33-29-48(6)37-12-9-8-11-32(33)37/h8-14,17,27-31H,15-16,18-26H2,1-7H3,(H,43,52)(H,42,44,45)/b13-10+. The molecule has 6 rings (SSSR count). The second-order valence-electron chi connectivity index (χ2n) is 14.9. The molecule has 4 aromatic rings. The van der Waals surface area contributed by atoms with E-state index in [1.807, 2.05) is 50.5 Å². The molecule has 1 amide bonds. The number of para-hydroxylation sites is 1. The topological polar surface area (TPSA) is 97.3 Å². The molecule has 12 heteroatoms. The summed E-state index contributed by atoms with van der Waals surface area (Å²) in [5.74, 6) is 0.881. The number of benzene rings is 2. The number of methoxy groups -OCH3 is 1. The molecule has 53 heavy (non-hydrogen) atoms. The number of anilines is 4. The molecule has 2 aromatic carbocycles. The Kier molecular flexibility index (Phi) is 12.7. The summed E-state index contributed by atoms with van der Waals surface area (Å²) in [6.45, 7) is 13.7. The van der Waals surface area contributed by atoms with Crippen LogP contribution in [0.25, 0.3) is 22.2 Å². The van der Waals surface area contributed by atoms with Gasteiger partial charge in [-0.1, -0.05) is 24.3 Å². The van der Waals surface area contributed by atoms with Gasteiger partial charge >= 0.3 is 0 Å². The first-order valence-electron chi connectivity index (χ1n) is 19.0. The lowest BCUT2D eigenvalue weighted by atomic mass is 10.0. The van der Waals surface area contributed by atoms with E-state index >= 15 is 0 Å². The third-order valence-electron chi connectivity index (χ3n) is 10.7. The summed E-state index contributed by atoms with van der Waals surface area (Å²) >= 11 is 0. The van der Waals surface area contributed by atoms with Gasteiger partial charge in [0.25, 0.3) is 0 Å². The first-order chi connectivity index (χ1) is 25.6. The van der Waals surface area contributed by atoms with Crippen LogP contribution in [0.5, 0.6) is 5.75 Å². The van der Waals surface area contributed by atoms with Gasteiger partial charge in [-0.3, -0.25) is 19.5 Å². The molecule has 0 radical (unpaired) electrons. The van der Waals surface area contributed by atoms with Crippen molar-refractivity contribution in [1.29, 1.82) is 0 Å². The van der Waals surface area contributed by atoms with Crippen molar-refractivity contribution in [3.63, 3.8) is 0 Å². The summed E-state index contributed by atoms with van der Waals surface area (Å²) in [7, 11) is 9.82. The Hall–Kier alpha value is -4.49. The molecule has 2 saturated heterocycles. The van der Waals surface area contributed by atoms with Crippen LogP contribution in [0.3, 0.4) is 0 Å². The number of aryl methyl sites for hydroxylation is 1. The monoisotopic (exact) mass is 722 g/mol. The maximum absolute atomic E-state index is 13.4. The lowest BCUT2D eigenvalue weighted by Crippen LogP contribution is -2.54. The molecule has 2 N–H and O–H groups in total. The van der Waals surface area contributed by atoms with Gasteiger partial charge in [-0.2, -0.15) is 0 Å². The van der Waals surface area contributed by atoms with Gasteiger partial charge in [0.05, 0.1) is 29.9 Å². The van der Waals surface area contributed by atoms with Crippen molar-refractivity contribution in [2.75, 3.05) is 103 Å². The fourth-order valence-electron chi connectivity index (χ4n) is 7.53.